The van der Waals surface area contributed by atoms with Gasteiger partial charge in [0.05, 0.1) is 12.2 Å². The van der Waals surface area contributed by atoms with Gasteiger partial charge in [0.1, 0.15) is 13.2 Å². The van der Waals surface area contributed by atoms with Crippen LogP contribution in [0.2, 0.25) is 0 Å². The van der Waals surface area contributed by atoms with E-state index in [0.29, 0.717) is 26.4 Å². The highest BCUT2D eigenvalue weighted by Crippen LogP contribution is 2.23. The maximum Gasteiger partial charge on any atom is 0.697 e. The molecule has 0 bridgehead atoms. The number of hydrogen-bond donors (Lipinski definition) is 0. The Balaban J connectivity index is 3.22. The summed E-state index contributed by atoms with van der Waals surface area (Å²) in [6.45, 7) is 9.92. The van der Waals surface area contributed by atoms with Gasteiger partial charge in [0.15, 0.2) is 0 Å². The zero-order chi connectivity index (χ0) is 13.8. The first kappa shape index (κ1) is 17.9. The van der Waals surface area contributed by atoms with Crippen LogP contribution in [0.4, 0.5) is 0 Å². The number of rotatable bonds is 12. The van der Waals surface area contributed by atoms with Crippen molar-refractivity contribution in [3.8, 4) is 0 Å². The molecule has 6 heteroatoms. The van der Waals surface area contributed by atoms with E-state index in [2.05, 4.69) is 0 Å². The summed E-state index contributed by atoms with van der Waals surface area (Å²) in [7, 11) is -2.01. The Morgan fingerprint density at radius 1 is 0.778 bits per heavy atom. The van der Waals surface area contributed by atoms with Crippen LogP contribution in [0.1, 0.15) is 40.5 Å². The fraction of sp³-hybridized carbons (Fsp3) is 1.00. The van der Waals surface area contributed by atoms with Crippen molar-refractivity contribution in [2.75, 3.05) is 26.4 Å². The predicted octanol–water partition coefficient (Wildman–Crippen LogP) is 3.31. The van der Waals surface area contributed by atoms with Crippen LogP contribution in [0.15, 0.2) is 0 Å². The van der Waals surface area contributed by atoms with E-state index in [1.807, 2.05) is 27.7 Å². The van der Waals surface area contributed by atoms with Crippen molar-refractivity contribution in [2.24, 2.45) is 0 Å². The van der Waals surface area contributed by atoms with Gasteiger partial charge in [-0.2, -0.15) is 0 Å². The van der Waals surface area contributed by atoms with Crippen LogP contribution in [-0.4, -0.2) is 38.6 Å². The number of ether oxygens (including phenoxy) is 2. The van der Waals surface area contributed by atoms with Gasteiger partial charge in [0.2, 0.25) is 0 Å². The van der Waals surface area contributed by atoms with E-state index in [-0.39, 0.29) is 12.2 Å². The van der Waals surface area contributed by atoms with Crippen LogP contribution < -0.4 is 0 Å². The molecule has 0 heterocycles. The lowest BCUT2D eigenvalue weighted by Crippen LogP contribution is -2.06. The van der Waals surface area contributed by atoms with Gasteiger partial charge in [-0.3, -0.25) is 0 Å². The van der Waals surface area contributed by atoms with E-state index >= 15 is 0 Å². The molecular formula is C12H26O5P+. The lowest BCUT2D eigenvalue weighted by Gasteiger charge is -2.05. The summed E-state index contributed by atoms with van der Waals surface area (Å²) in [4.78, 5) is 0. The van der Waals surface area contributed by atoms with Crippen molar-refractivity contribution >= 4 is 8.25 Å². The fourth-order valence-corrected chi connectivity index (χ4v) is 1.70. The van der Waals surface area contributed by atoms with Crippen LogP contribution in [0.5, 0.6) is 0 Å². The summed E-state index contributed by atoms with van der Waals surface area (Å²) in [5, 5.41) is 0. The molecule has 0 rings (SSSR count). The summed E-state index contributed by atoms with van der Waals surface area (Å²) in [6, 6.07) is 0. The van der Waals surface area contributed by atoms with Crippen molar-refractivity contribution in [3.63, 3.8) is 0 Å². The first-order valence-electron chi connectivity index (χ1n) is 6.48. The van der Waals surface area contributed by atoms with Crippen molar-refractivity contribution in [3.05, 3.63) is 0 Å². The monoisotopic (exact) mass is 281 g/mol. The molecule has 108 valence electrons. The molecule has 0 aliphatic heterocycles. The Bertz CT molecular complexity index is 189. The summed E-state index contributed by atoms with van der Waals surface area (Å²) in [5.41, 5.74) is 0. The molecule has 0 aromatic rings. The average molecular weight is 281 g/mol. The van der Waals surface area contributed by atoms with Gasteiger partial charge in [-0.15, -0.1) is 9.05 Å². The van der Waals surface area contributed by atoms with E-state index < -0.39 is 8.25 Å². The highest BCUT2D eigenvalue weighted by molar-refractivity contribution is 7.33. The average Bonchev–Trinajstić information content (AvgIpc) is 2.27. The van der Waals surface area contributed by atoms with Crippen molar-refractivity contribution < 1.29 is 23.1 Å². The first-order valence-corrected chi connectivity index (χ1v) is 7.58. The largest absolute Gasteiger partial charge is 0.697 e. The number of hydrogen-bond acceptors (Lipinski definition) is 5. The molecule has 0 fully saturated rings. The van der Waals surface area contributed by atoms with Crippen molar-refractivity contribution in [1.82, 2.24) is 0 Å². The molecule has 0 N–H and O–H groups in total. The van der Waals surface area contributed by atoms with Crippen LogP contribution >= 0.6 is 8.25 Å². The van der Waals surface area contributed by atoms with Gasteiger partial charge < -0.3 is 9.47 Å². The third-order valence-electron chi connectivity index (χ3n) is 1.87. The normalized spacial score (nSPS) is 11.4. The Labute approximate surface area is 111 Å². The van der Waals surface area contributed by atoms with Gasteiger partial charge >= 0.3 is 8.25 Å². The zero-order valence-electron chi connectivity index (χ0n) is 11.9. The van der Waals surface area contributed by atoms with Crippen LogP contribution in [-0.2, 0) is 23.1 Å². The van der Waals surface area contributed by atoms with Crippen molar-refractivity contribution in [1.29, 1.82) is 0 Å². The van der Waals surface area contributed by atoms with E-state index in [1.54, 1.807) is 0 Å². The lowest BCUT2D eigenvalue weighted by molar-refractivity contribution is 0.0644. The third kappa shape index (κ3) is 14.0. The highest BCUT2D eigenvalue weighted by Gasteiger charge is 2.19. The van der Waals surface area contributed by atoms with E-state index in [1.165, 1.54) is 0 Å². The Kier molecular flexibility index (Phi) is 12.0. The maximum atomic E-state index is 11.3. The van der Waals surface area contributed by atoms with E-state index in [9.17, 15) is 4.57 Å². The second-order valence-corrected chi connectivity index (χ2v) is 5.40. The van der Waals surface area contributed by atoms with Crippen LogP contribution in [0.25, 0.3) is 0 Å². The molecule has 0 aliphatic carbocycles. The smallest absolute Gasteiger partial charge is 0.379 e. The third-order valence-corrected chi connectivity index (χ3v) is 2.66. The van der Waals surface area contributed by atoms with Crippen molar-refractivity contribution in [2.45, 2.75) is 52.7 Å². The molecule has 0 radical (unpaired) electrons. The molecule has 0 spiro atoms. The Morgan fingerprint density at radius 3 is 1.50 bits per heavy atom. The SMILES string of the molecule is CC(C)OCCCO[P+](=O)OCCCOC(C)C. The Morgan fingerprint density at radius 2 is 1.17 bits per heavy atom. The minimum Gasteiger partial charge on any atom is -0.379 e. The molecular weight excluding hydrogens is 255 g/mol. The molecule has 0 amide bonds. The van der Waals surface area contributed by atoms with Crippen LogP contribution in [0.3, 0.4) is 0 Å². The molecule has 18 heavy (non-hydrogen) atoms. The van der Waals surface area contributed by atoms with Gasteiger partial charge in [-0.1, -0.05) is 0 Å². The quantitative estimate of drug-likeness (QED) is 0.406. The van der Waals surface area contributed by atoms with Gasteiger partial charge in [-0.25, -0.2) is 0 Å². The second kappa shape index (κ2) is 12.0. The minimum absolute atomic E-state index is 0.218. The molecule has 0 aromatic carbocycles. The minimum atomic E-state index is -2.01. The molecule has 5 nitrogen and oxygen atoms in total. The molecule has 0 saturated carbocycles. The maximum absolute atomic E-state index is 11.3. The van der Waals surface area contributed by atoms with Crippen LogP contribution in [0, 0.1) is 0 Å². The lowest BCUT2D eigenvalue weighted by atomic mass is 10.4. The molecule has 0 atom stereocenters. The summed E-state index contributed by atoms with van der Waals surface area (Å²) in [5.74, 6) is 0. The predicted molar refractivity (Wildman–Crippen MR) is 70.9 cm³/mol. The molecule has 0 unspecified atom stereocenters. The topological polar surface area (TPSA) is 54.0 Å². The molecule has 0 saturated heterocycles. The van der Waals surface area contributed by atoms with Gasteiger partial charge in [-0.05, 0) is 40.5 Å². The molecule has 0 aromatic heterocycles. The summed E-state index contributed by atoms with van der Waals surface area (Å²) in [6.07, 6.45) is 1.88. The summed E-state index contributed by atoms with van der Waals surface area (Å²) >= 11 is 0. The molecule has 0 aliphatic rings. The highest BCUT2D eigenvalue weighted by atomic mass is 31.1. The second-order valence-electron chi connectivity index (χ2n) is 4.44. The standard InChI is InChI=1S/C12H26O5P/c1-11(2)14-7-5-9-16-18(13)17-10-6-8-15-12(3)4/h11-12H,5-10H2,1-4H3/q+1. The van der Waals surface area contributed by atoms with E-state index in [4.69, 9.17) is 18.5 Å². The van der Waals surface area contributed by atoms with Gasteiger partial charge in [0, 0.05) is 17.8 Å². The Hall–Kier alpha value is -0.0600. The summed E-state index contributed by atoms with van der Waals surface area (Å²) < 4.78 is 31.9. The first-order chi connectivity index (χ1) is 8.52. The fourth-order valence-electron chi connectivity index (χ4n) is 1.07. The van der Waals surface area contributed by atoms with Gasteiger partial charge in [0.25, 0.3) is 0 Å². The van der Waals surface area contributed by atoms with E-state index in [0.717, 1.165) is 12.8 Å². The zero-order valence-corrected chi connectivity index (χ0v) is 12.8.